The molecule has 0 spiro atoms. The van der Waals surface area contributed by atoms with Crippen LogP contribution in [0.3, 0.4) is 0 Å². The number of ketones is 1. The largest absolute Gasteiger partial charge is 0.361 e. The van der Waals surface area contributed by atoms with Crippen LogP contribution in [0.25, 0.3) is 17.1 Å². The maximum atomic E-state index is 12.5. The van der Waals surface area contributed by atoms with E-state index >= 15 is 0 Å². The Bertz CT molecular complexity index is 1260. The van der Waals surface area contributed by atoms with Gasteiger partial charge in [-0.25, -0.2) is 9.67 Å². The van der Waals surface area contributed by atoms with E-state index in [-0.39, 0.29) is 11.7 Å². The smallest absolute Gasteiger partial charge is 0.278 e. The zero-order chi connectivity index (χ0) is 21.1. The van der Waals surface area contributed by atoms with Gasteiger partial charge in [-0.2, -0.15) is 0 Å². The fourth-order valence-electron chi connectivity index (χ4n) is 2.88. The van der Waals surface area contributed by atoms with Crippen LogP contribution in [0.4, 0.5) is 5.82 Å². The summed E-state index contributed by atoms with van der Waals surface area (Å²) < 4.78 is 1.28. The molecule has 0 aliphatic rings. The third kappa shape index (κ3) is 4.00. The van der Waals surface area contributed by atoms with Gasteiger partial charge in [0.05, 0.1) is 22.9 Å². The molecule has 4 aromatic rings. The van der Waals surface area contributed by atoms with Crippen molar-refractivity contribution in [2.24, 2.45) is 0 Å². The van der Waals surface area contributed by atoms with Crippen LogP contribution in [0, 0.1) is 0 Å². The topological polar surface area (TPSA) is 81.0 Å². The van der Waals surface area contributed by atoms with Gasteiger partial charge in [-0.3, -0.25) is 14.6 Å². The summed E-state index contributed by atoms with van der Waals surface area (Å²) in [4.78, 5) is 35.6. The first-order valence-electron chi connectivity index (χ1n) is 9.33. The number of carbonyl (C=O) groups excluding carboxylic acids is 2. The molecule has 0 bridgehead atoms. The number of nitrogens with zero attached hydrogens (tertiary/aromatic N) is 5. The van der Waals surface area contributed by atoms with Gasteiger partial charge in [-0.1, -0.05) is 24.3 Å². The molecule has 0 N–H and O–H groups in total. The number of benzene rings is 2. The van der Waals surface area contributed by atoms with E-state index in [1.165, 1.54) is 10.8 Å². The summed E-state index contributed by atoms with van der Waals surface area (Å²) in [6.07, 6.45) is 6.32. The Labute approximate surface area is 173 Å². The molecule has 0 aliphatic carbocycles. The van der Waals surface area contributed by atoms with E-state index in [4.69, 9.17) is 0 Å². The Balaban J connectivity index is 1.47. The van der Waals surface area contributed by atoms with Crippen LogP contribution in [0.15, 0.2) is 73.1 Å². The van der Waals surface area contributed by atoms with Crippen LogP contribution in [0.5, 0.6) is 0 Å². The molecule has 7 nitrogen and oxygen atoms in total. The van der Waals surface area contributed by atoms with Crippen molar-refractivity contribution < 1.29 is 9.59 Å². The molecule has 2 aromatic heterocycles. The number of anilines is 1. The number of hydrogen-bond donors (Lipinski definition) is 0. The van der Waals surface area contributed by atoms with Gasteiger partial charge in [0.1, 0.15) is 0 Å². The lowest BCUT2D eigenvalue weighted by Gasteiger charge is -2.06. The third-order valence-electron chi connectivity index (χ3n) is 4.53. The number of carbonyl (C=O) groups is 2. The Hall–Kier alpha value is -4.13. The molecule has 2 heterocycles. The number of fused-ring (bicyclic) bond motifs is 1. The van der Waals surface area contributed by atoms with Gasteiger partial charge in [-0.05, 0) is 36.4 Å². The van der Waals surface area contributed by atoms with E-state index in [2.05, 4.69) is 15.1 Å². The zero-order valence-electron chi connectivity index (χ0n) is 16.6. The Morgan fingerprint density at radius 2 is 1.63 bits per heavy atom. The van der Waals surface area contributed by atoms with Crippen LogP contribution in [-0.2, 0) is 0 Å². The molecule has 0 unspecified atom stereocenters. The van der Waals surface area contributed by atoms with Gasteiger partial charge < -0.3 is 4.90 Å². The summed E-state index contributed by atoms with van der Waals surface area (Å²) in [7, 11) is 3.71. The highest BCUT2D eigenvalue weighted by atomic mass is 16.2. The average molecular weight is 397 g/mol. The fraction of sp³-hybridized carbons (Fsp3) is 0.0870. The zero-order valence-corrected chi connectivity index (χ0v) is 16.6. The van der Waals surface area contributed by atoms with Crippen molar-refractivity contribution >= 4 is 34.6 Å². The molecule has 0 amide bonds. The first kappa shape index (κ1) is 19.2. The second-order valence-electron chi connectivity index (χ2n) is 6.88. The van der Waals surface area contributed by atoms with Gasteiger partial charge in [0.25, 0.3) is 5.91 Å². The number of para-hydroxylation sites is 2. The highest BCUT2D eigenvalue weighted by Crippen LogP contribution is 2.12. The van der Waals surface area contributed by atoms with Crippen LogP contribution < -0.4 is 4.90 Å². The number of hydrogen-bond acceptors (Lipinski definition) is 6. The molecular formula is C23H19N5O2. The van der Waals surface area contributed by atoms with Crippen molar-refractivity contribution in [1.29, 1.82) is 0 Å². The summed E-state index contributed by atoms with van der Waals surface area (Å²) >= 11 is 0. The molecule has 0 saturated heterocycles. The summed E-state index contributed by atoms with van der Waals surface area (Å²) in [5.41, 5.74) is 3.10. The van der Waals surface area contributed by atoms with Crippen molar-refractivity contribution in [2.45, 2.75) is 0 Å². The molecule has 4 rings (SSSR count). The van der Waals surface area contributed by atoms with Gasteiger partial charge >= 0.3 is 0 Å². The molecule has 0 saturated carbocycles. The minimum atomic E-state index is -0.260. The van der Waals surface area contributed by atoms with Crippen molar-refractivity contribution in [3.8, 4) is 0 Å². The summed E-state index contributed by atoms with van der Waals surface area (Å²) in [6.45, 7) is 0. The molecule has 7 heteroatoms. The highest BCUT2D eigenvalue weighted by molar-refractivity contribution is 6.07. The van der Waals surface area contributed by atoms with Crippen LogP contribution in [0.2, 0.25) is 0 Å². The Kier molecular flexibility index (Phi) is 5.17. The van der Waals surface area contributed by atoms with E-state index in [9.17, 15) is 9.59 Å². The maximum Gasteiger partial charge on any atom is 0.278 e. The minimum absolute atomic E-state index is 0.182. The average Bonchev–Trinajstić information content (AvgIpc) is 3.27. The highest BCUT2D eigenvalue weighted by Gasteiger charge is 2.12. The molecule has 30 heavy (non-hydrogen) atoms. The van der Waals surface area contributed by atoms with E-state index in [0.717, 1.165) is 11.0 Å². The lowest BCUT2D eigenvalue weighted by molar-refractivity contribution is 0.0944. The summed E-state index contributed by atoms with van der Waals surface area (Å²) in [5.74, 6) is 0.249. The van der Waals surface area contributed by atoms with E-state index in [1.807, 2.05) is 43.3 Å². The van der Waals surface area contributed by atoms with E-state index in [0.29, 0.717) is 22.6 Å². The first-order valence-corrected chi connectivity index (χ1v) is 9.33. The molecule has 2 aromatic carbocycles. The van der Waals surface area contributed by atoms with Gasteiger partial charge in [0, 0.05) is 37.5 Å². The third-order valence-corrected chi connectivity index (χ3v) is 4.53. The van der Waals surface area contributed by atoms with Crippen LogP contribution >= 0.6 is 0 Å². The van der Waals surface area contributed by atoms with Crippen LogP contribution in [0.1, 0.15) is 26.4 Å². The second kappa shape index (κ2) is 8.08. The molecular weight excluding hydrogens is 378 g/mol. The molecule has 0 atom stereocenters. The number of allylic oxidation sites excluding steroid dienone is 1. The SMILES string of the molecule is CN(C)c1ccn(C(=O)c2ccc(C(=O)/C=C/c3cnc4ccccc4n3)cc2)n1. The number of rotatable bonds is 5. The quantitative estimate of drug-likeness (QED) is 0.379. The predicted octanol–water partition coefficient (Wildman–Crippen LogP) is 3.48. The van der Waals surface area contributed by atoms with Gasteiger partial charge in [0.15, 0.2) is 11.6 Å². The molecule has 0 aliphatic heterocycles. The monoisotopic (exact) mass is 397 g/mol. The van der Waals surface area contributed by atoms with Crippen molar-refractivity contribution in [2.75, 3.05) is 19.0 Å². The fourth-order valence-corrected chi connectivity index (χ4v) is 2.88. The van der Waals surface area contributed by atoms with Gasteiger partial charge in [-0.15, -0.1) is 5.10 Å². The van der Waals surface area contributed by atoms with Crippen molar-refractivity contribution in [1.82, 2.24) is 19.7 Å². The predicted molar refractivity (Wildman–Crippen MR) is 116 cm³/mol. The Morgan fingerprint density at radius 3 is 2.33 bits per heavy atom. The molecule has 148 valence electrons. The molecule has 0 fully saturated rings. The summed E-state index contributed by atoms with van der Waals surface area (Å²) in [5, 5.41) is 4.23. The van der Waals surface area contributed by atoms with E-state index in [1.54, 1.807) is 48.8 Å². The molecule has 0 radical (unpaired) electrons. The lowest BCUT2D eigenvalue weighted by atomic mass is 10.1. The van der Waals surface area contributed by atoms with Crippen molar-refractivity contribution in [3.63, 3.8) is 0 Å². The second-order valence-corrected chi connectivity index (χ2v) is 6.88. The van der Waals surface area contributed by atoms with E-state index < -0.39 is 0 Å². The van der Waals surface area contributed by atoms with Gasteiger partial charge in [0.2, 0.25) is 0 Å². The summed E-state index contributed by atoms with van der Waals surface area (Å²) in [6, 6.07) is 15.8. The lowest BCUT2D eigenvalue weighted by Crippen LogP contribution is -2.15. The van der Waals surface area contributed by atoms with Crippen molar-refractivity contribution in [3.05, 3.63) is 89.9 Å². The number of aromatic nitrogens is 4. The Morgan fingerprint density at radius 1 is 0.933 bits per heavy atom. The standard InChI is InChI=1S/C23H19N5O2/c1-27(2)22-13-14-28(26-22)23(30)17-9-7-16(8-10-17)21(29)12-11-18-15-24-19-5-3-4-6-20(19)25-18/h3-15H,1-2H3/b12-11+. The van der Waals surface area contributed by atoms with Crippen LogP contribution in [-0.4, -0.2) is 45.5 Å². The maximum absolute atomic E-state index is 12.5. The normalized spacial score (nSPS) is 11.1. The first-order chi connectivity index (χ1) is 14.5. The minimum Gasteiger partial charge on any atom is -0.361 e.